The van der Waals surface area contributed by atoms with Crippen molar-refractivity contribution in [3.8, 4) is 0 Å². The van der Waals surface area contributed by atoms with Crippen LogP contribution in [0.4, 0.5) is 0 Å². The summed E-state index contributed by atoms with van der Waals surface area (Å²) in [7, 11) is 0. The van der Waals surface area contributed by atoms with Gasteiger partial charge in [0.05, 0.1) is 0 Å². The van der Waals surface area contributed by atoms with E-state index in [0.717, 1.165) is 5.56 Å². The van der Waals surface area contributed by atoms with Crippen LogP contribution in [0.1, 0.15) is 11.7 Å². The lowest BCUT2D eigenvalue weighted by molar-refractivity contribution is 0.660. The van der Waals surface area contributed by atoms with E-state index >= 15 is 0 Å². The molecule has 0 saturated heterocycles. The van der Waals surface area contributed by atoms with Crippen LogP contribution in [0.2, 0.25) is 5.02 Å². The van der Waals surface area contributed by atoms with E-state index in [1.165, 1.54) is 0 Å². The molecular formula is C9H9ClN4S. The normalized spacial score (nSPS) is 20.2. The summed E-state index contributed by atoms with van der Waals surface area (Å²) < 4.78 is 0. The Balaban J connectivity index is 2.27. The zero-order valence-corrected chi connectivity index (χ0v) is 9.27. The lowest BCUT2D eigenvalue weighted by atomic mass is 10.2. The molecule has 0 saturated carbocycles. The summed E-state index contributed by atoms with van der Waals surface area (Å²) in [6.07, 6.45) is -0.240. The van der Waals surface area contributed by atoms with Gasteiger partial charge in [-0.25, -0.2) is 4.99 Å². The predicted octanol–water partition coefficient (Wildman–Crippen LogP) is 1.13. The van der Waals surface area contributed by atoms with E-state index in [-0.39, 0.29) is 6.17 Å². The van der Waals surface area contributed by atoms with Crippen LogP contribution in [0.15, 0.2) is 29.3 Å². The maximum atomic E-state index is 5.79. The SMILES string of the molecule is NC1=N[C@@H](c2ccc(Cl)cc2)NC(=S)N1. The first-order chi connectivity index (χ1) is 7.15. The number of guanidine groups is 1. The summed E-state index contributed by atoms with van der Waals surface area (Å²) in [5, 5.41) is 6.87. The van der Waals surface area contributed by atoms with Gasteiger partial charge in [0.25, 0.3) is 0 Å². The minimum atomic E-state index is -0.240. The van der Waals surface area contributed by atoms with Crippen LogP contribution in [-0.2, 0) is 0 Å². The van der Waals surface area contributed by atoms with Gasteiger partial charge >= 0.3 is 0 Å². The Morgan fingerprint density at radius 3 is 2.60 bits per heavy atom. The topological polar surface area (TPSA) is 62.4 Å². The molecule has 1 aromatic carbocycles. The molecule has 1 aromatic rings. The van der Waals surface area contributed by atoms with E-state index in [1.54, 1.807) is 12.1 Å². The standard InChI is InChI=1S/C9H9ClN4S/c10-6-3-1-5(2-4-6)7-12-8(11)14-9(15)13-7/h1-4,7H,(H4,11,12,13,14,15)/t7-/m1/s1. The first-order valence-corrected chi connectivity index (χ1v) is 5.10. The van der Waals surface area contributed by atoms with Crippen molar-refractivity contribution < 1.29 is 0 Å². The average molecular weight is 241 g/mol. The number of aliphatic imine (C=N–C) groups is 1. The number of nitrogens with zero attached hydrogens (tertiary/aromatic N) is 1. The van der Waals surface area contributed by atoms with Crippen LogP contribution in [0, 0.1) is 0 Å². The highest BCUT2D eigenvalue weighted by Gasteiger charge is 2.16. The lowest BCUT2D eigenvalue weighted by Gasteiger charge is -2.23. The highest BCUT2D eigenvalue weighted by Crippen LogP contribution is 2.18. The molecule has 0 fully saturated rings. The fourth-order valence-corrected chi connectivity index (χ4v) is 1.63. The molecule has 0 aliphatic carbocycles. The number of benzene rings is 1. The molecule has 0 amide bonds. The Bertz CT molecular complexity index is 415. The fourth-order valence-electron chi connectivity index (χ4n) is 1.28. The molecule has 15 heavy (non-hydrogen) atoms. The Labute approximate surface area is 97.5 Å². The van der Waals surface area contributed by atoms with Crippen LogP contribution in [0.5, 0.6) is 0 Å². The summed E-state index contributed by atoms with van der Waals surface area (Å²) in [5.74, 6) is 0.318. The quantitative estimate of drug-likeness (QED) is 0.644. The van der Waals surface area contributed by atoms with Crippen molar-refractivity contribution in [2.24, 2.45) is 10.7 Å². The number of nitrogens with one attached hydrogen (secondary N) is 2. The first-order valence-electron chi connectivity index (χ1n) is 4.31. The number of hydrogen-bond donors (Lipinski definition) is 3. The van der Waals surface area contributed by atoms with Crippen molar-refractivity contribution in [1.29, 1.82) is 0 Å². The van der Waals surface area contributed by atoms with Gasteiger partial charge in [0, 0.05) is 5.02 Å². The van der Waals surface area contributed by atoms with E-state index in [4.69, 9.17) is 29.6 Å². The number of hydrogen-bond acceptors (Lipinski definition) is 3. The third-order valence-corrected chi connectivity index (χ3v) is 2.44. The van der Waals surface area contributed by atoms with E-state index < -0.39 is 0 Å². The Morgan fingerprint density at radius 1 is 1.33 bits per heavy atom. The summed E-state index contributed by atoms with van der Waals surface area (Å²) in [4.78, 5) is 4.17. The highest BCUT2D eigenvalue weighted by molar-refractivity contribution is 7.80. The van der Waals surface area contributed by atoms with E-state index in [1.807, 2.05) is 12.1 Å². The number of nitrogens with two attached hydrogens (primary N) is 1. The molecule has 6 heteroatoms. The zero-order chi connectivity index (χ0) is 10.8. The average Bonchev–Trinajstić information content (AvgIpc) is 2.17. The molecule has 0 aromatic heterocycles. The zero-order valence-electron chi connectivity index (χ0n) is 7.70. The van der Waals surface area contributed by atoms with Crippen molar-refractivity contribution in [2.45, 2.75) is 6.17 Å². The number of thiocarbonyl (C=S) groups is 1. The van der Waals surface area contributed by atoms with Gasteiger partial charge < -0.3 is 16.4 Å². The summed E-state index contributed by atoms with van der Waals surface area (Å²) >= 11 is 10.8. The van der Waals surface area contributed by atoms with Crippen molar-refractivity contribution in [3.05, 3.63) is 34.9 Å². The molecule has 0 radical (unpaired) electrons. The second-order valence-corrected chi connectivity index (χ2v) is 3.91. The lowest BCUT2D eigenvalue weighted by Crippen LogP contribution is -2.49. The fraction of sp³-hybridized carbons (Fsp3) is 0.111. The van der Waals surface area contributed by atoms with Gasteiger partial charge in [-0.3, -0.25) is 0 Å². The molecule has 78 valence electrons. The molecule has 4 nitrogen and oxygen atoms in total. The Hall–Kier alpha value is -1.33. The smallest absolute Gasteiger partial charge is 0.197 e. The van der Waals surface area contributed by atoms with Crippen molar-refractivity contribution in [3.63, 3.8) is 0 Å². The second kappa shape index (κ2) is 4.04. The van der Waals surface area contributed by atoms with Crippen LogP contribution in [0.3, 0.4) is 0 Å². The molecule has 4 N–H and O–H groups in total. The highest BCUT2D eigenvalue weighted by atomic mass is 35.5. The molecule has 1 atom stereocenters. The van der Waals surface area contributed by atoms with E-state index in [9.17, 15) is 0 Å². The van der Waals surface area contributed by atoms with Gasteiger partial charge in [-0.05, 0) is 29.9 Å². The summed E-state index contributed by atoms with van der Waals surface area (Å²) in [6.45, 7) is 0. The maximum absolute atomic E-state index is 5.79. The van der Waals surface area contributed by atoms with Crippen LogP contribution >= 0.6 is 23.8 Å². The van der Waals surface area contributed by atoms with Gasteiger partial charge in [0.1, 0.15) is 6.17 Å². The van der Waals surface area contributed by atoms with E-state index in [2.05, 4.69) is 15.6 Å². The Kier molecular flexibility index (Phi) is 2.75. The molecule has 2 rings (SSSR count). The summed E-state index contributed by atoms with van der Waals surface area (Å²) in [5.41, 5.74) is 6.53. The van der Waals surface area contributed by atoms with Crippen molar-refractivity contribution in [1.82, 2.24) is 10.6 Å². The predicted molar refractivity (Wildman–Crippen MR) is 64.7 cm³/mol. The van der Waals surface area contributed by atoms with Crippen LogP contribution in [-0.4, -0.2) is 11.1 Å². The largest absolute Gasteiger partial charge is 0.370 e. The van der Waals surface area contributed by atoms with Gasteiger partial charge in [-0.15, -0.1) is 0 Å². The first kappa shape index (κ1) is 10.2. The third kappa shape index (κ3) is 2.37. The number of halogens is 1. The monoisotopic (exact) mass is 240 g/mol. The van der Waals surface area contributed by atoms with Gasteiger partial charge in [-0.1, -0.05) is 23.7 Å². The van der Waals surface area contributed by atoms with Crippen molar-refractivity contribution >= 4 is 34.9 Å². The minimum absolute atomic E-state index is 0.240. The van der Waals surface area contributed by atoms with Crippen molar-refractivity contribution in [2.75, 3.05) is 0 Å². The maximum Gasteiger partial charge on any atom is 0.197 e. The van der Waals surface area contributed by atoms with E-state index in [0.29, 0.717) is 16.1 Å². The van der Waals surface area contributed by atoms with Gasteiger partial charge in [0.2, 0.25) is 0 Å². The van der Waals surface area contributed by atoms with Crippen LogP contribution < -0.4 is 16.4 Å². The molecule has 1 heterocycles. The Morgan fingerprint density at radius 2 is 2.00 bits per heavy atom. The molecule has 0 bridgehead atoms. The molecule has 0 unspecified atom stereocenters. The third-order valence-electron chi connectivity index (χ3n) is 1.96. The number of rotatable bonds is 1. The molecular weight excluding hydrogens is 232 g/mol. The molecule has 0 spiro atoms. The second-order valence-electron chi connectivity index (χ2n) is 3.07. The summed E-state index contributed by atoms with van der Waals surface area (Å²) in [6, 6.07) is 7.36. The van der Waals surface area contributed by atoms with Crippen LogP contribution in [0.25, 0.3) is 0 Å². The van der Waals surface area contributed by atoms with Gasteiger partial charge in [-0.2, -0.15) is 0 Å². The molecule has 1 aliphatic heterocycles. The minimum Gasteiger partial charge on any atom is -0.370 e. The molecule has 1 aliphatic rings. The van der Waals surface area contributed by atoms with Gasteiger partial charge in [0.15, 0.2) is 11.1 Å².